The molecule has 5 rings (SSSR count). The van der Waals surface area contributed by atoms with Crippen LogP contribution in [0.2, 0.25) is 0 Å². The summed E-state index contributed by atoms with van der Waals surface area (Å²) in [6, 6.07) is 22.0. The lowest BCUT2D eigenvalue weighted by Crippen LogP contribution is -2.23. The first-order chi connectivity index (χ1) is 18.0. The van der Waals surface area contributed by atoms with Gasteiger partial charge in [-0.05, 0) is 31.2 Å². The van der Waals surface area contributed by atoms with Gasteiger partial charge in [-0.2, -0.15) is 9.78 Å². The molecule has 2 N–H and O–H groups in total. The van der Waals surface area contributed by atoms with Crippen molar-refractivity contribution in [2.75, 3.05) is 14.2 Å². The maximum absolute atomic E-state index is 13.6. The van der Waals surface area contributed by atoms with Crippen molar-refractivity contribution >= 4 is 33.2 Å². The minimum Gasteiger partial charge on any atom is -0.497 e. The Bertz CT molecular complexity index is 1630. The predicted molar refractivity (Wildman–Crippen MR) is 144 cm³/mol. The van der Waals surface area contributed by atoms with Gasteiger partial charge in [0, 0.05) is 17.2 Å². The number of para-hydroxylation sites is 1. The van der Waals surface area contributed by atoms with Gasteiger partial charge < -0.3 is 9.47 Å². The number of nitrogens with zero attached hydrogens (tertiary/aromatic N) is 3. The number of aromatic amines is 1. The van der Waals surface area contributed by atoms with E-state index in [-0.39, 0.29) is 5.56 Å². The number of hydrazone groups is 1. The van der Waals surface area contributed by atoms with E-state index in [1.165, 1.54) is 30.2 Å². The number of H-pyrrole nitrogens is 1. The molecule has 2 aromatic heterocycles. The highest BCUT2D eigenvalue weighted by molar-refractivity contribution is 7.20. The Morgan fingerprint density at radius 3 is 2.35 bits per heavy atom. The van der Waals surface area contributed by atoms with E-state index in [0.717, 1.165) is 15.8 Å². The number of nitrogens with one attached hydrogen (secondary N) is 2. The van der Waals surface area contributed by atoms with Crippen molar-refractivity contribution in [3.8, 4) is 27.9 Å². The van der Waals surface area contributed by atoms with Crippen molar-refractivity contribution in [1.29, 1.82) is 0 Å². The summed E-state index contributed by atoms with van der Waals surface area (Å²) in [5.41, 5.74) is 5.36. The summed E-state index contributed by atoms with van der Waals surface area (Å²) in [6.07, 6.45) is 0. The number of amides is 1. The molecule has 0 saturated carbocycles. The Kier molecular flexibility index (Phi) is 6.57. The second kappa shape index (κ2) is 10.1. The summed E-state index contributed by atoms with van der Waals surface area (Å²) >= 11 is 1.40. The molecule has 0 fully saturated rings. The van der Waals surface area contributed by atoms with Crippen molar-refractivity contribution in [2.45, 2.75) is 6.92 Å². The van der Waals surface area contributed by atoms with Gasteiger partial charge in [0.05, 0.1) is 41.4 Å². The smallest absolute Gasteiger partial charge is 0.283 e. The molecule has 0 aliphatic heterocycles. The summed E-state index contributed by atoms with van der Waals surface area (Å²) in [7, 11) is 3.01. The van der Waals surface area contributed by atoms with Crippen molar-refractivity contribution in [1.82, 2.24) is 20.2 Å². The molecule has 37 heavy (non-hydrogen) atoms. The second-order valence-corrected chi connectivity index (χ2v) is 9.08. The molecule has 0 radical (unpaired) electrons. The van der Waals surface area contributed by atoms with E-state index in [1.807, 2.05) is 54.6 Å². The molecule has 0 aliphatic carbocycles. The summed E-state index contributed by atoms with van der Waals surface area (Å²) in [4.78, 5) is 31.1. The van der Waals surface area contributed by atoms with Crippen LogP contribution in [0.5, 0.6) is 11.5 Å². The van der Waals surface area contributed by atoms with Crippen LogP contribution in [0.1, 0.15) is 22.8 Å². The first-order valence-corrected chi connectivity index (χ1v) is 12.1. The van der Waals surface area contributed by atoms with Crippen LogP contribution in [-0.4, -0.2) is 40.6 Å². The molecule has 10 heteroatoms. The summed E-state index contributed by atoms with van der Waals surface area (Å²) < 4.78 is 12.9. The minimum atomic E-state index is -0.472. The van der Waals surface area contributed by atoms with E-state index in [1.54, 1.807) is 25.1 Å². The van der Waals surface area contributed by atoms with E-state index < -0.39 is 5.91 Å². The number of carbonyl (C=O) groups is 1. The lowest BCUT2D eigenvalue weighted by molar-refractivity contribution is 0.0954. The maximum Gasteiger partial charge on any atom is 0.283 e. The van der Waals surface area contributed by atoms with Crippen LogP contribution >= 0.6 is 11.3 Å². The van der Waals surface area contributed by atoms with Crippen molar-refractivity contribution in [3.63, 3.8) is 0 Å². The largest absolute Gasteiger partial charge is 0.497 e. The first-order valence-electron chi connectivity index (χ1n) is 11.3. The Morgan fingerprint density at radius 2 is 1.68 bits per heavy atom. The number of ether oxygens (including phenoxy) is 2. The Balaban J connectivity index is 1.55. The normalized spacial score (nSPS) is 11.5. The van der Waals surface area contributed by atoms with Crippen LogP contribution in [0, 0.1) is 0 Å². The summed E-state index contributed by atoms with van der Waals surface area (Å²) in [5.74, 6) is 0.474. The molecule has 5 aromatic rings. The highest BCUT2D eigenvalue weighted by Crippen LogP contribution is 2.26. The van der Waals surface area contributed by atoms with Crippen molar-refractivity contribution < 1.29 is 14.3 Å². The fourth-order valence-corrected chi connectivity index (χ4v) is 4.80. The number of fused-ring (bicyclic) bond motifs is 1. The molecule has 2 heterocycles. The Morgan fingerprint density at radius 1 is 1.00 bits per heavy atom. The zero-order valence-electron chi connectivity index (χ0n) is 20.3. The first kappa shape index (κ1) is 24.0. The molecule has 0 atom stereocenters. The molecule has 0 aliphatic rings. The van der Waals surface area contributed by atoms with Gasteiger partial charge in [-0.3, -0.25) is 14.7 Å². The van der Waals surface area contributed by atoms with Crippen LogP contribution in [0.4, 0.5) is 0 Å². The Labute approximate surface area is 216 Å². The number of benzene rings is 3. The number of thiazole rings is 1. The van der Waals surface area contributed by atoms with Crippen LogP contribution in [0.15, 0.2) is 82.7 Å². The molecule has 0 bridgehead atoms. The van der Waals surface area contributed by atoms with Gasteiger partial charge in [0.15, 0.2) is 0 Å². The van der Waals surface area contributed by atoms with Gasteiger partial charge in [-0.25, -0.2) is 10.4 Å². The molecule has 9 nitrogen and oxygen atoms in total. The standard InChI is InChI=1S/C27H23N5O4S/c1-16(29-30-25(33)18-13-19(35-2)15-20(14-18)36-3)23-24(17-9-5-4-6-10-17)31-32(26(23)34)27-28-21-11-7-8-12-22(21)37-27/h4-15,31H,1-3H3,(H,30,33). The number of methoxy groups -OCH3 is 2. The highest BCUT2D eigenvalue weighted by Gasteiger charge is 2.21. The lowest BCUT2D eigenvalue weighted by Gasteiger charge is -2.08. The lowest BCUT2D eigenvalue weighted by atomic mass is 10.1. The van der Waals surface area contributed by atoms with Crippen LogP contribution in [0.3, 0.4) is 0 Å². The topological polar surface area (TPSA) is 111 Å². The van der Waals surface area contributed by atoms with Crippen LogP contribution in [0.25, 0.3) is 26.6 Å². The van der Waals surface area contributed by atoms with E-state index in [4.69, 9.17) is 9.47 Å². The molecule has 0 saturated heterocycles. The molecule has 3 aromatic carbocycles. The number of carbonyl (C=O) groups excluding carboxylic acids is 1. The molecular weight excluding hydrogens is 490 g/mol. The molecule has 186 valence electrons. The quantitative estimate of drug-likeness (QED) is 0.244. The average Bonchev–Trinajstić information content (AvgIpc) is 3.52. The second-order valence-electron chi connectivity index (χ2n) is 8.07. The zero-order chi connectivity index (χ0) is 25.9. The monoisotopic (exact) mass is 513 g/mol. The summed E-state index contributed by atoms with van der Waals surface area (Å²) in [5, 5.41) is 7.97. The molecule has 1 amide bonds. The molecule has 0 spiro atoms. The molecule has 0 unspecified atom stereocenters. The third-order valence-corrected chi connectivity index (χ3v) is 6.75. The van der Waals surface area contributed by atoms with Gasteiger partial charge in [0.1, 0.15) is 11.5 Å². The van der Waals surface area contributed by atoms with Gasteiger partial charge >= 0.3 is 0 Å². The third-order valence-electron chi connectivity index (χ3n) is 5.73. The van der Waals surface area contributed by atoms with Crippen LogP contribution in [-0.2, 0) is 0 Å². The van der Waals surface area contributed by atoms with Gasteiger partial charge in [0.25, 0.3) is 11.5 Å². The highest BCUT2D eigenvalue weighted by atomic mass is 32.1. The van der Waals surface area contributed by atoms with E-state index in [0.29, 0.717) is 39.2 Å². The number of rotatable bonds is 7. The van der Waals surface area contributed by atoms with E-state index in [9.17, 15) is 9.59 Å². The van der Waals surface area contributed by atoms with E-state index >= 15 is 0 Å². The number of aromatic nitrogens is 3. The van der Waals surface area contributed by atoms with E-state index in [2.05, 4.69) is 20.6 Å². The fraction of sp³-hybridized carbons (Fsp3) is 0.111. The maximum atomic E-state index is 13.6. The van der Waals surface area contributed by atoms with Gasteiger partial charge in [-0.15, -0.1) is 0 Å². The average molecular weight is 514 g/mol. The predicted octanol–water partition coefficient (Wildman–Crippen LogP) is 4.61. The summed E-state index contributed by atoms with van der Waals surface area (Å²) in [6.45, 7) is 1.67. The van der Waals surface area contributed by atoms with Crippen molar-refractivity contribution in [2.24, 2.45) is 5.10 Å². The van der Waals surface area contributed by atoms with Crippen molar-refractivity contribution in [3.05, 3.63) is 94.3 Å². The number of hydrogen-bond acceptors (Lipinski definition) is 7. The zero-order valence-corrected chi connectivity index (χ0v) is 21.1. The van der Waals surface area contributed by atoms with Crippen LogP contribution < -0.4 is 20.5 Å². The Hall–Kier alpha value is -4.70. The molecular formula is C27H23N5O4S. The minimum absolute atomic E-state index is 0.303. The van der Waals surface area contributed by atoms with Gasteiger partial charge in [-0.1, -0.05) is 53.8 Å². The third kappa shape index (κ3) is 4.74. The number of hydrogen-bond donors (Lipinski definition) is 2. The fourth-order valence-electron chi connectivity index (χ4n) is 3.87. The van der Waals surface area contributed by atoms with Gasteiger partial charge in [0.2, 0.25) is 5.13 Å². The SMILES string of the molecule is COc1cc(OC)cc(C(=O)NN=C(C)c2c(-c3ccccc3)[nH]n(-c3nc4ccccc4s3)c2=O)c1.